The Morgan fingerprint density at radius 1 is 1.58 bits per heavy atom. The summed E-state index contributed by atoms with van der Waals surface area (Å²) >= 11 is 3.36. The summed E-state index contributed by atoms with van der Waals surface area (Å²) in [6.45, 7) is 2.47. The van der Waals surface area contributed by atoms with Gasteiger partial charge in [0.25, 0.3) is 0 Å². The van der Waals surface area contributed by atoms with Crippen molar-refractivity contribution in [2.75, 3.05) is 6.61 Å². The molecule has 0 bridgehead atoms. The lowest BCUT2D eigenvalue weighted by atomic mass is 10.3. The Kier molecular flexibility index (Phi) is 3.56. The molecule has 0 aliphatic rings. The Morgan fingerprint density at radius 2 is 2.33 bits per heavy atom. The Balaban J connectivity index is 2.52. The van der Waals surface area contributed by atoms with E-state index in [2.05, 4.69) is 15.9 Å². The molecule has 0 amide bonds. The van der Waals surface area contributed by atoms with Gasteiger partial charge in [0.05, 0.1) is 0 Å². The first-order chi connectivity index (χ1) is 5.68. The molecular weight excluding hydrogens is 218 g/mol. The molecule has 0 radical (unpaired) electrons. The predicted molar refractivity (Wildman–Crippen MR) is 53.3 cm³/mol. The first-order valence-corrected chi connectivity index (χ1v) is 4.62. The van der Waals surface area contributed by atoms with Crippen LogP contribution in [0.25, 0.3) is 0 Å². The van der Waals surface area contributed by atoms with E-state index in [1.807, 2.05) is 31.2 Å². The minimum atomic E-state index is 0.0731. The van der Waals surface area contributed by atoms with Gasteiger partial charge >= 0.3 is 0 Å². The summed E-state index contributed by atoms with van der Waals surface area (Å²) in [6, 6.07) is 7.79. The minimum absolute atomic E-state index is 0.0731. The fourth-order valence-corrected chi connectivity index (χ4v) is 1.16. The third-order valence-corrected chi connectivity index (χ3v) is 1.80. The summed E-state index contributed by atoms with van der Waals surface area (Å²) in [5.41, 5.74) is 5.54. The summed E-state index contributed by atoms with van der Waals surface area (Å²) in [5.74, 6) is 0.849. The van der Waals surface area contributed by atoms with Crippen molar-refractivity contribution >= 4 is 15.9 Å². The molecule has 0 saturated carbocycles. The molecule has 0 heterocycles. The lowest BCUT2D eigenvalue weighted by Crippen LogP contribution is -2.23. The van der Waals surface area contributed by atoms with Crippen LogP contribution in [-0.2, 0) is 0 Å². The molecule has 0 aromatic heterocycles. The van der Waals surface area contributed by atoms with E-state index in [9.17, 15) is 0 Å². The highest BCUT2D eigenvalue weighted by Gasteiger charge is 1.96. The van der Waals surface area contributed by atoms with Crippen molar-refractivity contribution < 1.29 is 4.74 Å². The smallest absolute Gasteiger partial charge is 0.120 e. The molecule has 0 saturated heterocycles. The maximum Gasteiger partial charge on any atom is 0.120 e. The summed E-state index contributed by atoms with van der Waals surface area (Å²) in [5, 5.41) is 0. The molecule has 0 fully saturated rings. The second-order valence-electron chi connectivity index (χ2n) is 2.75. The molecule has 1 aromatic rings. The third-order valence-electron chi connectivity index (χ3n) is 1.31. The number of rotatable bonds is 3. The Hall–Kier alpha value is -0.540. The molecule has 0 aliphatic heterocycles. The van der Waals surface area contributed by atoms with E-state index >= 15 is 0 Å². The molecule has 0 spiro atoms. The molecule has 2 nitrogen and oxygen atoms in total. The number of nitrogens with two attached hydrogens (primary N) is 1. The zero-order valence-electron chi connectivity index (χ0n) is 6.96. The molecule has 0 aliphatic carbocycles. The molecule has 3 heteroatoms. The molecule has 1 atom stereocenters. The second-order valence-corrected chi connectivity index (χ2v) is 3.66. The first-order valence-electron chi connectivity index (χ1n) is 3.82. The lowest BCUT2D eigenvalue weighted by Gasteiger charge is -2.08. The average molecular weight is 230 g/mol. The molecule has 1 aromatic carbocycles. The van der Waals surface area contributed by atoms with E-state index in [4.69, 9.17) is 10.5 Å². The second kappa shape index (κ2) is 4.48. The summed E-state index contributed by atoms with van der Waals surface area (Å²) in [6.07, 6.45) is 0. The van der Waals surface area contributed by atoms with Gasteiger partial charge in [0.1, 0.15) is 12.4 Å². The van der Waals surface area contributed by atoms with Crippen molar-refractivity contribution in [3.8, 4) is 5.75 Å². The number of hydrogen-bond donors (Lipinski definition) is 1. The van der Waals surface area contributed by atoms with Gasteiger partial charge in [-0.15, -0.1) is 0 Å². The van der Waals surface area contributed by atoms with Gasteiger partial charge in [0.2, 0.25) is 0 Å². The topological polar surface area (TPSA) is 35.2 Å². The maximum atomic E-state index is 5.54. The van der Waals surface area contributed by atoms with Crippen LogP contribution in [-0.4, -0.2) is 12.6 Å². The normalized spacial score (nSPS) is 12.6. The van der Waals surface area contributed by atoms with Crippen LogP contribution in [0.4, 0.5) is 0 Å². The van der Waals surface area contributed by atoms with Crippen LogP contribution >= 0.6 is 15.9 Å². The SMILES string of the molecule is C[C@@H](N)COc1cccc(Br)c1. The Bertz CT molecular complexity index is 250. The van der Waals surface area contributed by atoms with Gasteiger partial charge in [0, 0.05) is 10.5 Å². The van der Waals surface area contributed by atoms with Crippen LogP contribution in [0.1, 0.15) is 6.92 Å². The van der Waals surface area contributed by atoms with Crippen molar-refractivity contribution in [3.05, 3.63) is 28.7 Å². The fourth-order valence-electron chi connectivity index (χ4n) is 0.784. The van der Waals surface area contributed by atoms with Gasteiger partial charge in [-0.2, -0.15) is 0 Å². The summed E-state index contributed by atoms with van der Waals surface area (Å²) in [7, 11) is 0. The van der Waals surface area contributed by atoms with E-state index < -0.39 is 0 Å². The summed E-state index contributed by atoms with van der Waals surface area (Å²) in [4.78, 5) is 0. The third kappa shape index (κ3) is 3.24. The zero-order chi connectivity index (χ0) is 8.97. The van der Waals surface area contributed by atoms with Crippen LogP contribution in [0, 0.1) is 0 Å². The van der Waals surface area contributed by atoms with Gasteiger partial charge in [-0.3, -0.25) is 0 Å². The molecule has 0 unspecified atom stereocenters. The Labute approximate surface area is 80.8 Å². The van der Waals surface area contributed by atoms with Crippen molar-refractivity contribution in [1.82, 2.24) is 0 Å². The Morgan fingerprint density at radius 3 is 2.92 bits per heavy atom. The zero-order valence-corrected chi connectivity index (χ0v) is 8.54. The van der Waals surface area contributed by atoms with E-state index in [1.54, 1.807) is 0 Å². The van der Waals surface area contributed by atoms with Crippen LogP contribution in [0.2, 0.25) is 0 Å². The quantitative estimate of drug-likeness (QED) is 0.863. The van der Waals surface area contributed by atoms with E-state index in [1.165, 1.54) is 0 Å². The maximum absolute atomic E-state index is 5.54. The van der Waals surface area contributed by atoms with Gasteiger partial charge in [-0.05, 0) is 25.1 Å². The van der Waals surface area contributed by atoms with Crippen molar-refractivity contribution in [3.63, 3.8) is 0 Å². The van der Waals surface area contributed by atoms with Gasteiger partial charge in [0.15, 0.2) is 0 Å². The highest BCUT2D eigenvalue weighted by atomic mass is 79.9. The molecule has 12 heavy (non-hydrogen) atoms. The van der Waals surface area contributed by atoms with E-state index in [0.29, 0.717) is 6.61 Å². The number of hydrogen-bond acceptors (Lipinski definition) is 2. The van der Waals surface area contributed by atoms with Crippen molar-refractivity contribution in [1.29, 1.82) is 0 Å². The number of ether oxygens (including phenoxy) is 1. The van der Waals surface area contributed by atoms with Crippen molar-refractivity contribution in [2.24, 2.45) is 5.73 Å². The minimum Gasteiger partial charge on any atom is -0.492 e. The fraction of sp³-hybridized carbons (Fsp3) is 0.333. The van der Waals surface area contributed by atoms with Crippen LogP contribution in [0.15, 0.2) is 28.7 Å². The molecular formula is C9H12BrNO. The highest BCUT2D eigenvalue weighted by Crippen LogP contribution is 2.17. The summed E-state index contributed by atoms with van der Waals surface area (Å²) < 4.78 is 6.41. The number of benzene rings is 1. The highest BCUT2D eigenvalue weighted by molar-refractivity contribution is 9.10. The van der Waals surface area contributed by atoms with Crippen LogP contribution in [0.5, 0.6) is 5.75 Å². The molecule has 66 valence electrons. The monoisotopic (exact) mass is 229 g/mol. The van der Waals surface area contributed by atoms with E-state index in [-0.39, 0.29) is 6.04 Å². The molecule has 2 N–H and O–H groups in total. The van der Waals surface area contributed by atoms with Crippen LogP contribution in [0.3, 0.4) is 0 Å². The first kappa shape index (κ1) is 9.55. The van der Waals surface area contributed by atoms with Crippen LogP contribution < -0.4 is 10.5 Å². The van der Waals surface area contributed by atoms with Gasteiger partial charge in [-0.25, -0.2) is 0 Å². The van der Waals surface area contributed by atoms with E-state index in [0.717, 1.165) is 10.2 Å². The number of halogens is 1. The average Bonchev–Trinajstić information content (AvgIpc) is 2.01. The lowest BCUT2D eigenvalue weighted by molar-refractivity contribution is 0.296. The largest absolute Gasteiger partial charge is 0.492 e. The van der Waals surface area contributed by atoms with Gasteiger partial charge in [-0.1, -0.05) is 22.0 Å². The molecule has 1 rings (SSSR count). The van der Waals surface area contributed by atoms with Gasteiger partial charge < -0.3 is 10.5 Å². The standard InChI is InChI=1S/C9H12BrNO/c1-7(11)6-12-9-4-2-3-8(10)5-9/h2-5,7H,6,11H2,1H3/t7-/m1/s1. The predicted octanol–water partition coefficient (Wildman–Crippen LogP) is 2.18. The van der Waals surface area contributed by atoms with Crippen molar-refractivity contribution in [2.45, 2.75) is 13.0 Å².